The molecule has 0 aliphatic heterocycles. The topological polar surface area (TPSA) is 83.8 Å². The predicted molar refractivity (Wildman–Crippen MR) is 79.2 cm³/mol. The van der Waals surface area contributed by atoms with Crippen LogP contribution in [0.15, 0.2) is 18.2 Å². The molecule has 0 fully saturated rings. The molecule has 1 atom stereocenters. The van der Waals surface area contributed by atoms with Crippen molar-refractivity contribution < 1.29 is 4.79 Å². The van der Waals surface area contributed by atoms with E-state index in [0.29, 0.717) is 16.7 Å². The Hall–Kier alpha value is -1.24. The van der Waals surface area contributed by atoms with Crippen LogP contribution in [0.3, 0.4) is 0 Å². The third-order valence-electron chi connectivity index (χ3n) is 2.53. The fourth-order valence-electron chi connectivity index (χ4n) is 1.59. The molecule has 2 rings (SSSR count). The van der Waals surface area contributed by atoms with Gasteiger partial charge in [0.25, 0.3) is 0 Å². The van der Waals surface area contributed by atoms with E-state index in [1.165, 1.54) is 6.92 Å². The summed E-state index contributed by atoms with van der Waals surface area (Å²) in [6.45, 7) is 1.49. The minimum atomic E-state index is -0.204. The Morgan fingerprint density at radius 2 is 2.42 bits per heavy atom. The normalized spacial score (nSPS) is 12.6. The van der Waals surface area contributed by atoms with E-state index in [1.54, 1.807) is 17.8 Å². The zero-order valence-electron chi connectivity index (χ0n) is 10.4. The maximum atomic E-state index is 10.7. The van der Waals surface area contributed by atoms with Crippen LogP contribution < -0.4 is 11.1 Å². The second-order valence-electron chi connectivity index (χ2n) is 4.14. The van der Waals surface area contributed by atoms with Gasteiger partial charge in [-0.15, -0.1) is 11.8 Å². The number of aromatic nitrogens is 2. The van der Waals surface area contributed by atoms with E-state index in [4.69, 9.17) is 17.3 Å². The largest absolute Gasteiger partial charge is 0.347 e. The van der Waals surface area contributed by atoms with E-state index in [2.05, 4.69) is 15.3 Å². The van der Waals surface area contributed by atoms with Crippen molar-refractivity contribution >= 4 is 40.3 Å². The van der Waals surface area contributed by atoms with Gasteiger partial charge >= 0.3 is 0 Å². The maximum absolute atomic E-state index is 10.7. The molecular formula is C12H15ClN4OS. The number of nitrogens with one attached hydrogen (secondary N) is 2. The van der Waals surface area contributed by atoms with E-state index >= 15 is 0 Å². The van der Waals surface area contributed by atoms with Crippen molar-refractivity contribution in [3.8, 4) is 0 Å². The Kier molecular flexibility index (Phi) is 4.68. The SMILES string of the molecule is CC(=O)NCSCC(N)c1nc2ccc(Cl)cc2[nH]1. The summed E-state index contributed by atoms with van der Waals surface area (Å²) in [7, 11) is 0. The zero-order chi connectivity index (χ0) is 13.8. The Morgan fingerprint density at radius 3 is 3.16 bits per heavy atom. The molecule has 102 valence electrons. The first-order chi connectivity index (χ1) is 9.06. The molecule has 0 aliphatic carbocycles. The van der Waals surface area contributed by atoms with Gasteiger partial charge in [-0.2, -0.15) is 0 Å². The summed E-state index contributed by atoms with van der Waals surface area (Å²) in [6, 6.07) is 5.27. The van der Waals surface area contributed by atoms with Crippen molar-refractivity contribution in [2.45, 2.75) is 13.0 Å². The third kappa shape index (κ3) is 3.86. The Morgan fingerprint density at radius 1 is 1.63 bits per heavy atom. The number of carbonyl (C=O) groups excluding carboxylic acids is 1. The van der Waals surface area contributed by atoms with Crippen molar-refractivity contribution in [2.75, 3.05) is 11.6 Å². The molecule has 0 bridgehead atoms. The lowest BCUT2D eigenvalue weighted by Gasteiger charge is -2.08. The number of fused-ring (bicyclic) bond motifs is 1. The fraction of sp³-hybridized carbons (Fsp3) is 0.333. The molecule has 2 aromatic rings. The van der Waals surface area contributed by atoms with Gasteiger partial charge in [-0.25, -0.2) is 4.98 Å². The average Bonchev–Trinajstić information content (AvgIpc) is 2.77. The van der Waals surface area contributed by atoms with E-state index in [9.17, 15) is 4.79 Å². The molecule has 1 aromatic heterocycles. The summed E-state index contributed by atoms with van der Waals surface area (Å²) < 4.78 is 0. The second kappa shape index (κ2) is 6.27. The number of nitrogens with two attached hydrogens (primary N) is 1. The van der Waals surface area contributed by atoms with Gasteiger partial charge in [0.1, 0.15) is 5.82 Å². The fourth-order valence-corrected chi connectivity index (χ4v) is 2.60. The van der Waals surface area contributed by atoms with Crippen molar-refractivity contribution in [2.24, 2.45) is 5.73 Å². The summed E-state index contributed by atoms with van der Waals surface area (Å²) in [5, 5.41) is 3.37. The van der Waals surface area contributed by atoms with Crippen LogP contribution in [-0.2, 0) is 4.79 Å². The number of thioether (sulfide) groups is 1. The number of imidazole rings is 1. The van der Waals surface area contributed by atoms with Gasteiger partial charge in [0.15, 0.2) is 0 Å². The molecular weight excluding hydrogens is 284 g/mol. The van der Waals surface area contributed by atoms with Crippen LogP contribution >= 0.6 is 23.4 Å². The molecule has 1 amide bonds. The number of hydrogen-bond acceptors (Lipinski definition) is 4. The number of amides is 1. The molecule has 19 heavy (non-hydrogen) atoms. The summed E-state index contributed by atoms with van der Waals surface area (Å²) in [4.78, 5) is 18.3. The third-order valence-corrected chi connectivity index (χ3v) is 3.71. The molecule has 0 spiro atoms. The van der Waals surface area contributed by atoms with Gasteiger partial charge in [0.2, 0.25) is 5.91 Å². The van der Waals surface area contributed by atoms with Crippen molar-refractivity contribution in [1.82, 2.24) is 15.3 Å². The summed E-state index contributed by atoms with van der Waals surface area (Å²) in [6.07, 6.45) is 0. The number of H-pyrrole nitrogens is 1. The second-order valence-corrected chi connectivity index (χ2v) is 5.60. The molecule has 0 radical (unpaired) electrons. The van der Waals surface area contributed by atoms with E-state index in [-0.39, 0.29) is 11.9 Å². The molecule has 4 N–H and O–H groups in total. The van der Waals surface area contributed by atoms with Gasteiger partial charge in [0.05, 0.1) is 23.0 Å². The Balaban J connectivity index is 1.97. The van der Waals surface area contributed by atoms with Crippen LogP contribution in [0.2, 0.25) is 5.02 Å². The van der Waals surface area contributed by atoms with Crippen LogP contribution in [0.4, 0.5) is 0 Å². The predicted octanol–water partition coefficient (Wildman–Crippen LogP) is 2.04. The number of rotatable bonds is 5. The molecule has 1 heterocycles. The highest BCUT2D eigenvalue weighted by molar-refractivity contribution is 7.99. The van der Waals surface area contributed by atoms with Crippen molar-refractivity contribution in [3.05, 3.63) is 29.0 Å². The highest BCUT2D eigenvalue weighted by atomic mass is 35.5. The summed E-state index contributed by atoms with van der Waals surface area (Å²) >= 11 is 7.47. The number of benzene rings is 1. The van der Waals surface area contributed by atoms with E-state index < -0.39 is 0 Å². The molecule has 7 heteroatoms. The molecule has 1 aromatic carbocycles. The highest BCUT2D eigenvalue weighted by Gasteiger charge is 2.11. The summed E-state index contributed by atoms with van der Waals surface area (Å²) in [5.74, 6) is 1.91. The minimum Gasteiger partial charge on any atom is -0.347 e. The first kappa shape index (κ1) is 14.2. The lowest BCUT2D eigenvalue weighted by atomic mass is 10.3. The first-order valence-corrected chi connectivity index (χ1v) is 7.32. The molecule has 0 saturated carbocycles. The lowest BCUT2D eigenvalue weighted by molar-refractivity contribution is -0.118. The van der Waals surface area contributed by atoms with E-state index in [0.717, 1.165) is 16.9 Å². The Labute approximate surface area is 120 Å². The number of nitrogens with zero attached hydrogens (tertiary/aromatic N) is 1. The van der Waals surface area contributed by atoms with E-state index in [1.807, 2.05) is 12.1 Å². The standard InChI is InChI=1S/C12H15ClN4OS/c1-7(18)15-6-19-5-9(14)12-16-10-3-2-8(13)4-11(10)17-12/h2-4,9H,5-6,14H2,1H3,(H,15,18)(H,16,17). The van der Waals surface area contributed by atoms with Crippen LogP contribution in [0.5, 0.6) is 0 Å². The number of aromatic amines is 1. The highest BCUT2D eigenvalue weighted by Crippen LogP contribution is 2.20. The van der Waals surface area contributed by atoms with Crippen molar-refractivity contribution in [1.29, 1.82) is 0 Å². The van der Waals surface area contributed by atoms with Crippen LogP contribution in [0.25, 0.3) is 11.0 Å². The summed E-state index contributed by atoms with van der Waals surface area (Å²) in [5.41, 5.74) is 7.78. The number of carbonyl (C=O) groups is 1. The number of halogens is 1. The van der Waals surface area contributed by atoms with Gasteiger partial charge in [0, 0.05) is 17.7 Å². The first-order valence-electron chi connectivity index (χ1n) is 5.79. The zero-order valence-corrected chi connectivity index (χ0v) is 12.0. The molecule has 0 aliphatic rings. The minimum absolute atomic E-state index is 0.0422. The van der Waals surface area contributed by atoms with Gasteiger partial charge in [-0.05, 0) is 18.2 Å². The molecule has 0 saturated heterocycles. The van der Waals surface area contributed by atoms with Gasteiger partial charge in [-0.1, -0.05) is 11.6 Å². The molecule has 1 unspecified atom stereocenters. The van der Waals surface area contributed by atoms with Crippen LogP contribution in [0, 0.1) is 0 Å². The Bertz CT molecular complexity index is 586. The van der Waals surface area contributed by atoms with Crippen LogP contribution in [0.1, 0.15) is 18.8 Å². The quantitative estimate of drug-likeness (QED) is 0.582. The smallest absolute Gasteiger partial charge is 0.217 e. The lowest BCUT2D eigenvalue weighted by Crippen LogP contribution is -2.21. The monoisotopic (exact) mass is 298 g/mol. The maximum Gasteiger partial charge on any atom is 0.217 e. The van der Waals surface area contributed by atoms with Crippen LogP contribution in [-0.4, -0.2) is 27.5 Å². The van der Waals surface area contributed by atoms with Gasteiger partial charge in [-0.3, -0.25) is 4.79 Å². The number of hydrogen-bond donors (Lipinski definition) is 3. The van der Waals surface area contributed by atoms with Crippen molar-refractivity contribution in [3.63, 3.8) is 0 Å². The average molecular weight is 299 g/mol. The van der Waals surface area contributed by atoms with Gasteiger partial charge < -0.3 is 16.0 Å². The molecule has 5 nitrogen and oxygen atoms in total.